The summed E-state index contributed by atoms with van der Waals surface area (Å²) in [6, 6.07) is 1.46. The minimum absolute atomic E-state index is 0.666. The van der Waals surface area contributed by atoms with Crippen molar-refractivity contribution >= 4 is 0 Å². The van der Waals surface area contributed by atoms with Gasteiger partial charge in [0, 0.05) is 12.1 Å². The lowest BCUT2D eigenvalue weighted by atomic mass is 10.1. The van der Waals surface area contributed by atoms with E-state index in [2.05, 4.69) is 38.0 Å². The first kappa shape index (κ1) is 13.0. The molecule has 15 heavy (non-hydrogen) atoms. The van der Waals surface area contributed by atoms with Crippen LogP contribution in [0.15, 0.2) is 0 Å². The fourth-order valence-corrected chi connectivity index (χ4v) is 2.03. The second-order valence-electron chi connectivity index (χ2n) is 5.20. The molecular weight excluding hydrogens is 184 g/mol. The highest BCUT2D eigenvalue weighted by molar-refractivity contribution is 4.84. The van der Waals surface area contributed by atoms with Gasteiger partial charge in [-0.25, -0.2) is 0 Å². The molecular formula is C13H28N2. The highest BCUT2D eigenvalue weighted by atomic mass is 15.1. The van der Waals surface area contributed by atoms with Crippen LogP contribution < -0.4 is 5.32 Å². The molecule has 2 nitrogen and oxygen atoms in total. The minimum atomic E-state index is 0.666. The molecule has 0 heterocycles. The normalized spacial score (nSPS) is 20.6. The van der Waals surface area contributed by atoms with Gasteiger partial charge in [-0.15, -0.1) is 0 Å². The predicted molar refractivity (Wildman–Crippen MR) is 67.2 cm³/mol. The summed E-state index contributed by atoms with van der Waals surface area (Å²) in [5, 5.41) is 3.54. The third-order valence-corrected chi connectivity index (χ3v) is 3.66. The summed E-state index contributed by atoms with van der Waals surface area (Å²) in [5.74, 6) is 0.994. The smallest absolute Gasteiger partial charge is 0.00921 e. The second-order valence-corrected chi connectivity index (χ2v) is 5.20. The molecule has 0 bridgehead atoms. The molecule has 0 spiro atoms. The average Bonchev–Trinajstić information content (AvgIpc) is 3.05. The van der Waals surface area contributed by atoms with Crippen molar-refractivity contribution in [2.45, 2.75) is 58.5 Å². The predicted octanol–water partition coefficient (Wildman–Crippen LogP) is 2.49. The monoisotopic (exact) mass is 212 g/mol. The van der Waals surface area contributed by atoms with Crippen LogP contribution in [0.5, 0.6) is 0 Å². The van der Waals surface area contributed by atoms with Crippen molar-refractivity contribution < 1.29 is 0 Å². The Bertz CT molecular complexity index is 166. The van der Waals surface area contributed by atoms with E-state index < -0.39 is 0 Å². The third kappa shape index (κ3) is 4.98. The number of nitrogens with zero attached hydrogens (tertiary/aromatic N) is 1. The third-order valence-electron chi connectivity index (χ3n) is 3.66. The van der Waals surface area contributed by atoms with E-state index in [-0.39, 0.29) is 0 Å². The van der Waals surface area contributed by atoms with Gasteiger partial charge in [0.25, 0.3) is 0 Å². The fraction of sp³-hybridized carbons (Fsp3) is 1.00. The Morgan fingerprint density at radius 3 is 2.53 bits per heavy atom. The molecule has 1 aliphatic carbocycles. The summed E-state index contributed by atoms with van der Waals surface area (Å²) in [6.07, 6.45) is 5.41. The Balaban J connectivity index is 2.06. The van der Waals surface area contributed by atoms with Crippen LogP contribution in [0.3, 0.4) is 0 Å². The van der Waals surface area contributed by atoms with Crippen molar-refractivity contribution in [1.82, 2.24) is 10.2 Å². The van der Waals surface area contributed by atoms with Crippen molar-refractivity contribution in [2.75, 3.05) is 20.1 Å². The summed E-state index contributed by atoms with van der Waals surface area (Å²) >= 11 is 0. The van der Waals surface area contributed by atoms with Crippen molar-refractivity contribution in [3.8, 4) is 0 Å². The van der Waals surface area contributed by atoms with Crippen LogP contribution >= 0.6 is 0 Å². The van der Waals surface area contributed by atoms with Gasteiger partial charge in [0.05, 0.1) is 0 Å². The first-order valence-corrected chi connectivity index (χ1v) is 6.58. The van der Waals surface area contributed by atoms with Gasteiger partial charge in [-0.3, -0.25) is 0 Å². The summed E-state index contributed by atoms with van der Waals surface area (Å²) in [5.41, 5.74) is 0. The van der Waals surface area contributed by atoms with Gasteiger partial charge in [0.1, 0.15) is 0 Å². The molecule has 0 aliphatic heterocycles. The Hall–Kier alpha value is -0.0800. The second kappa shape index (κ2) is 6.49. The van der Waals surface area contributed by atoms with Gasteiger partial charge in [0.2, 0.25) is 0 Å². The summed E-state index contributed by atoms with van der Waals surface area (Å²) < 4.78 is 0. The van der Waals surface area contributed by atoms with E-state index in [1.54, 1.807) is 0 Å². The van der Waals surface area contributed by atoms with Crippen molar-refractivity contribution in [2.24, 2.45) is 5.92 Å². The highest BCUT2D eigenvalue weighted by Gasteiger charge is 2.30. The van der Waals surface area contributed by atoms with Gasteiger partial charge in [-0.2, -0.15) is 0 Å². The van der Waals surface area contributed by atoms with Crippen molar-refractivity contribution in [3.63, 3.8) is 0 Å². The fourth-order valence-electron chi connectivity index (χ4n) is 2.03. The van der Waals surface area contributed by atoms with Gasteiger partial charge >= 0.3 is 0 Å². The van der Waals surface area contributed by atoms with E-state index in [1.807, 2.05) is 0 Å². The molecule has 90 valence electrons. The lowest BCUT2D eigenvalue weighted by Crippen LogP contribution is -2.36. The highest BCUT2D eigenvalue weighted by Crippen LogP contribution is 2.34. The molecule has 0 amide bonds. The molecule has 1 aliphatic rings. The molecule has 1 fully saturated rings. The zero-order valence-corrected chi connectivity index (χ0v) is 10.9. The Morgan fingerprint density at radius 2 is 2.00 bits per heavy atom. The van der Waals surface area contributed by atoms with Crippen LogP contribution in [-0.2, 0) is 0 Å². The lowest BCUT2D eigenvalue weighted by Gasteiger charge is -2.26. The molecule has 0 aromatic heterocycles. The van der Waals surface area contributed by atoms with E-state index in [4.69, 9.17) is 0 Å². The first-order chi connectivity index (χ1) is 7.15. The molecule has 0 saturated heterocycles. The van der Waals surface area contributed by atoms with E-state index >= 15 is 0 Å². The maximum Gasteiger partial charge on any atom is 0.00921 e. The summed E-state index contributed by atoms with van der Waals surface area (Å²) in [6.45, 7) is 9.28. The number of nitrogens with one attached hydrogen (secondary N) is 1. The van der Waals surface area contributed by atoms with Crippen LogP contribution in [0.4, 0.5) is 0 Å². The zero-order chi connectivity index (χ0) is 11.3. The zero-order valence-electron chi connectivity index (χ0n) is 10.9. The van der Waals surface area contributed by atoms with Crippen LogP contribution in [0.1, 0.15) is 46.5 Å². The van der Waals surface area contributed by atoms with Crippen LogP contribution in [0.2, 0.25) is 0 Å². The largest absolute Gasteiger partial charge is 0.314 e. The Morgan fingerprint density at radius 1 is 1.33 bits per heavy atom. The Labute approximate surface area is 95.4 Å². The summed E-state index contributed by atoms with van der Waals surface area (Å²) in [7, 11) is 2.27. The first-order valence-electron chi connectivity index (χ1n) is 6.58. The topological polar surface area (TPSA) is 15.3 Å². The quantitative estimate of drug-likeness (QED) is 0.665. The van der Waals surface area contributed by atoms with Gasteiger partial charge < -0.3 is 10.2 Å². The standard InChI is InChI=1S/C13H28N2/c1-5-9-14-11(2)8-10-15(4)12(3)13-6-7-13/h11-14H,5-10H2,1-4H3. The van der Waals surface area contributed by atoms with Crippen LogP contribution in [0.25, 0.3) is 0 Å². The molecule has 0 radical (unpaired) electrons. The molecule has 1 rings (SSSR count). The maximum absolute atomic E-state index is 3.54. The molecule has 2 atom stereocenters. The molecule has 1 saturated carbocycles. The SMILES string of the molecule is CCCNC(C)CCN(C)C(C)C1CC1. The van der Waals surface area contributed by atoms with Crippen molar-refractivity contribution in [1.29, 1.82) is 0 Å². The van der Waals surface area contributed by atoms with E-state index in [0.717, 1.165) is 18.5 Å². The maximum atomic E-state index is 3.54. The molecule has 2 heteroatoms. The molecule has 0 aromatic carbocycles. The number of hydrogen-bond donors (Lipinski definition) is 1. The summed E-state index contributed by atoms with van der Waals surface area (Å²) in [4.78, 5) is 2.53. The average molecular weight is 212 g/mol. The minimum Gasteiger partial charge on any atom is -0.314 e. The van der Waals surface area contributed by atoms with Gasteiger partial charge in [-0.05, 0) is 65.6 Å². The van der Waals surface area contributed by atoms with Crippen LogP contribution in [-0.4, -0.2) is 37.1 Å². The van der Waals surface area contributed by atoms with Crippen molar-refractivity contribution in [3.05, 3.63) is 0 Å². The molecule has 1 N–H and O–H groups in total. The molecule has 2 unspecified atom stereocenters. The molecule has 0 aromatic rings. The van der Waals surface area contributed by atoms with Gasteiger partial charge in [0.15, 0.2) is 0 Å². The van der Waals surface area contributed by atoms with E-state index in [0.29, 0.717) is 6.04 Å². The number of rotatable bonds is 8. The van der Waals surface area contributed by atoms with Gasteiger partial charge in [-0.1, -0.05) is 6.92 Å². The van der Waals surface area contributed by atoms with Crippen LogP contribution in [0, 0.1) is 5.92 Å². The Kier molecular flexibility index (Phi) is 5.62. The van der Waals surface area contributed by atoms with E-state index in [9.17, 15) is 0 Å². The number of hydrogen-bond acceptors (Lipinski definition) is 2. The lowest BCUT2D eigenvalue weighted by molar-refractivity contribution is 0.223. The van der Waals surface area contributed by atoms with E-state index in [1.165, 1.54) is 32.2 Å².